The zero-order valence-electron chi connectivity index (χ0n) is 12.7. The van der Waals surface area contributed by atoms with Crippen molar-refractivity contribution in [2.45, 2.75) is 27.2 Å². The molecule has 0 aliphatic carbocycles. The van der Waals surface area contributed by atoms with Crippen molar-refractivity contribution in [3.05, 3.63) is 30.3 Å². The van der Waals surface area contributed by atoms with Crippen molar-refractivity contribution < 1.29 is 9.53 Å². The molecular weight excluding hydrogens is 249 g/mol. The summed E-state index contributed by atoms with van der Waals surface area (Å²) < 4.78 is 5.10. The molecule has 0 atom stereocenters. The second-order valence-electron chi connectivity index (χ2n) is 5.78. The van der Waals surface area contributed by atoms with E-state index in [2.05, 4.69) is 11.9 Å². The fraction of sp³-hybridized carbons (Fsp3) is 0.438. The first kappa shape index (κ1) is 16.3. The Balaban J connectivity index is 2.85. The highest BCUT2D eigenvalue weighted by Gasteiger charge is 2.22. The summed E-state index contributed by atoms with van der Waals surface area (Å²) in [7, 11) is 7.71. The van der Waals surface area contributed by atoms with E-state index < -0.39 is 0 Å². The molecule has 0 saturated carbocycles. The van der Waals surface area contributed by atoms with Crippen LogP contribution in [0.15, 0.2) is 24.8 Å². The number of rotatable bonds is 6. The highest BCUT2D eigenvalue weighted by atomic mass is 16.5. The highest BCUT2D eigenvalue weighted by Crippen LogP contribution is 2.32. The molecule has 0 heterocycles. The second-order valence-corrected chi connectivity index (χ2v) is 5.78. The molecule has 20 heavy (non-hydrogen) atoms. The van der Waals surface area contributed by atoms with Crippen molar-refractivity contribution in [1.29, 1.82) is 0 Å². The van der Waals surface area contributed by atoms with Gasteiger partial charge in [0.05, 0.1) is 6.61 Å². The number of benzene rings is 1. The molecule has 1 rings (SSSR count). The third-order valence-electron chi connectivity index (χ3n) is 3.05. The molecule has 0 unspecified atom stereocenters. The van der Waals surface area contributed by atoms with Gasteiger partial charge in [-0.15, -0.1) is 0 Å². The van der Waals surface area contributed by atoms with Gasteiger partial charge in [-0.3, -0.25) is 4.79 Å². The van der Waals surface area contributed by atoms with Crippen LogP contribution in [-0.4, -0.2) is 27.5 Å². The van der Waals surface area contributed by atoms with Gasteiger partial charge in [-0.1, -0.05) is 38.0 Å². The summed E-state index contributed by atoms with van der Waals surface area (Å²) in [5.74, 6) is -0.261. The topological polar surface area (TPSA) is 38.3 Å². The molecule has 0 aliphatic rings. The van der Waals surface area contributed by atoms with Gasteiger partial charge < -0.3 is 10.1 Å². The molecule has 0 spiro atoms. The lowest BCUT2D eigenvalue weighted by atomic mass is 9.82. The zero-order chi connectivity index (χ0) is 15.3. The minimum atomic E-state index is -0.261. The summed E-state index contributed by atoms with van der Waals surface area (Å²) >= 11 is 0. The molecule has 106 valence electrons. The molecule has 0 fully saturated rings. The molecule has 0 aromatic heterocycles. The van der Waals surface area contributed by atoms with Crippen LogP contribution < -0.4 is 10.8 Å². The molecule has 1 aromatic rings. The Bertz CT molecular complexity index is 509. The van der Waals surface area contributed by atoms with E-state index in [1.54, 1.807) is 0 Å². The third kappa shape index (κ3) is 4.76. The first-order valence-corrected chi connectivity index (χ1v) is 6.64. The van der Waals surface area contributed by atoms with Gasteiger partial charge in [0.2, 0.25) is 0 Å². The summed E-state index contributed by atoms with van der Waals surface area (Å²) in [5.41, 5.74) is 3.51. The summed E-state index contributed by atoms with van der Waals surface area (Å²) in [6.07, 6.45) is 0.721. The van der Waals surface area contributed by atoms with Crippen molar-refractivity contribution in [3.8, 4) is 0 Å². The van der Waals surface area contributed by atoms with Crippen LogP contribution in [0.3, 0.4) is 0 Å². The van der Waals surface area contributed by atoms with Crippen LogP contribution in [0.5, 0.6) is 0 Å². The summed E-state index contributed by atoms with van der Waals surface area (Å²) in [5, 5.41) is 3.14. The van der Waals surface area contributed by atoms with Crippen molar-refractivity contribution in [3.63, 3.8) is 0 Å². The maximum absolute atomic E-state index is 10.9. The molecular formula is C16H22BNO2. The van der Waals surface area contributed by atoms with E-state index in [0.29, 0.717) is 12.1 Å². The number of carbonyl (C=O) groups is 1. The normalized spacial score (nSPS) is 11.0. The van der Waals surface area contributed by atoms with Crippen LogP contribution in [0.25, 0.3) is 5.57 Å². The van der Waals surface area contributed by atoms with E-state index in [1.807, 2.05) is 39.1 Å². The molecule has 0 aliphatic heterocycles. The lowest BCUT2D eigenvalue weighted by Crippen LogP contribution is -2.21. The number of ether oxygens (including phenoxy) is 1. The Hall–Kier alpha value is -1.71. The van der Waals surface area contributed by atoms with Crippen LogP contribution in [0.2, 0.25) is 0 Å². The quantitative estimate of drug-likeness (QED) is 0.638. The lowest BCUT2D eigenvalue weighted by molar-refractivity contribution is -0.143. The number of nitrogens with one attached hydrogen (secondary N) is 1. The third-order valence-corrected chi connectivity index (χ3v) is 3.05. The van der Waals surface area contributed by atoms with Crippen molar-refractivity contribution in [2.75, 3.05) is 19.0 Å². The Labute approximate surface area is 122 Å². The Morgan fingerprint density at radius 2 is 2.10 bits per heavy atom. The van der Waals surface area contributed by atoms with Gasteiger partial charge in [0.15, 0.2) is 0 Å². The maximum Gasteiger partial charge on any atom is 0.302 e. The van der Waals surface area contributed by atoms with Crippen LogP contribution >= 0.6 is 0 Å². The van der Waals surface area contributed by atoms with E-state index >= 15 is 0 Å². The molecule has 0 bridgehead atoms. The largest absolute Gasteiger partial charge is 0.465 e. The van der Waals surface area contributed by atoms with Gasteiger partial charge in [-0.2, -0.15) is 0 Å². The van der Waals surface area contributed by atoms with E-state index in [-0.39, 0.29) is 11.4 Å². The zero-order valence-corrected chi connectivity index (χ0v) is 12.7. The van der Waals surface area contributed by atoms with E-state index in [1.165, 1.54) is 6.92 Å². The first-order chi connectivity index (χ1) is 9.25. The molecule has 2 radical (unpaired) electrons. The summed E-state index contributed by atoms with van der Waals surface area (Å²) in [6, 6.07) is 5.71. The van der Waals surface area contributed by atoms with Gasteiger partial charge >= 0.3 is 5.97 Å². The van der Waals surface area contributed by atoms with E-state index in [9.17, 15) is 4.79 Å². The van der Waals surface area contributed by atoms with Crippen LogP contribution in [0, 0.1) is 5.41 Å². The first-order valence-electron chi connectivity index (χ1n) is 6.64. The van der Waals surface area contributed by atoms with E-state index in [0.717, 1.165) is 23.2 Å². The smallest absolute Gasteiger partial charge is 0.302 e. The SMILES string of the molecule is [B]c1ccc(NC)c(C(=C)CC(C)(C)COC(C)=O)c1. The Morgan fingerprint density at radius 1 is 1.45 bits per heavy atom. The van der Waals surface area contributed by atoms with Gasteiger partial charge in [0, 0.05) is 25.1 Å². The molecule has 4 heteroatoms. The van der Waals surface area contributed by atoms with Crippen molar-refractivity contribution >= 4 is 30.5 Å². The fourth-order valence-corrected chi connectivity index (χ4v) is 2.09. The monoisotopic (exact) mass is 271 g/mol. The van der Waals surface area contributed by atoms with Gasteiger partial charge in [0.1, 0.15) is 7.85 Å². The lowest BCUT2D eigenvalue weighted by Gasteiger charge is -2.26. The van der Waals surface area contributed by atoms with Gasteiger partial charge in [-0.25, -0.2) is 0 Å². The number of hydrogen-bond acceptors (Lipinski definition) is 3. The number of anilines is 1. The van der Waals surface area contributed by atoms with Gasteiger partial charge in [-0.05, 0) is 23.6 Å². The van der Waals surface area contributed by atoms with Crippen LogP contribution in [0.1, 0.15) is 32.8 Å². The standard InChI is InChI=1S/C16H22BNO2/c1-11(9-16(3,4)10-20-12(2)19)14-8-13(17)6-7-15(14)18-5/h6-8,18H,1,9-10H2,2-5H3. The molecule has 1 aromatic carbocycles. The fourth-order valence-electron chi connectivity index (χ4n) is 2.09. The number of hydrogen-bond donors (Lipinski definition) is 1. The molecule has 3 nitrogen and oxygen atoms in total. The summed E-state index contributed by atoms with van der Waals surface area (Å²) in [4.78, 5) is 10.9. The average Bonchev–Trinajstić information content (AvgIpc) is 2.36. The number of esters is 1. The predicted molar refractivity (Wildman–Crippen MR) is 85.4 cm³/mol. The van der Waals surface area contributed by atoms with Crippen LogP contribution in [0.4, 0.5) is 5.69 Å². The van der Waals surface area contributed by atoms with Crippen molar-refractivity contribution in [2.24, 2.45) is 5.41 Å². The molecule has 0 saturated heterocycles. The van der Waals surface area contributed by atoms with E-state index in [4.69, 9.17) is 12.6 Å². The average molecular weight is 271 g/mol. The number of allylic oxidation sites excluding steroid dienone is 1. The minimum Gasteiger partial charge on any atom is -0.465 e. The predicted octanol–water partition coefficient (Wildman–Crippen LogP) is 2.51. The Kier molecular flexibility index (Phi) is 5.43. The molecule has 0 amide bonds. The minimum absolute atomic E-state index is 0.168. The highest BCUT2D eigenvalue weighted by molar-refractivity contribution is 6.32. The Morgan fingerprint density at radius 3 is 2.65 bits per heavy atom. The summed E-state index contributed by atoms with van der Waals surface area (Å²) in [6.45, 7) is 10.0. The molecule has 1 N–H and O–H groups in total. The van der Waals surface area contributed by atoms with Gasteiger partial charge in [0.25, 0.3) is 0 Å². The van der Waals surface area contributed by atoms with Crippen molar-refractivity contribution in [1.82, 2.24) is 0 Å². The second kappa shape index (κ2) is 6.64. The number of carbonyl (C=O) groups excluding carboxylic acids is 1. The maximum atomic E-state index is 10.9. The van der Waals surface area contributed by atoms with Crippen LogP contribution in [-0.2, 0) is 9.53 Å².